The summed E-state index contributed by atoms with van der Waals surface area (Å²) in [6.45, 7) is -0.362. The molecule has 0 saturated carbocycles. The normalized spacial score (nSPS) is 11.3. The molecular formula is C16H10F4N8O. The summed E-state index contributed by atoms with van der Waals surface area (Å²) in [7, 11) is 0. The summed E-state index contributed by atoms with van der Waals surface area (Å²) in [5.41, 5.74) is 5.49. The summed E-state index contributed by atoms with van der Waals surface area (Å²) in [6.07, 6.45) is -1.56. The summed E-state index contributed by atoms with van der Waals surface area (Å²) >= 11 is 0. The Labute approximate surface area is 159 Å². The second-order valence-corrected chi connectivity index (χ2v) is 5.78. The van der Waals surface area contributed by atoms with Gasteiger partial charge in [0.25, 0.3) is 5.89 Å². The van der Waals surface area contributed by atoms with Crippen LogP contribution in [0.3, 0.4) is 0 Å². The largest absolute Gasteiger partial charge is 0.415 e. The van der Waals surface area contributed by atoms with Crippen molar-refractivity contribution in [1.29, 1.82) is 0 Å². The molecule has 0 aliphatic heterocycles. The molecule has 0 radical (unpaired) electrons. The molecule has 13 heteroatoms. The zero-order chi connectivity index (χ0) is 20.5. The van der Waals surface area contributed by atoms with Gasteiger partial charge in [-0.05, 0) is 29.5 Å². The van der Waals surface area contributed by atoms with E-state index in [0.717, 1.165) is 16.9 Å². The fraction of sp³-hybridized carbons (Fsp3) is 0.125. The number of benzene rings is 1. The van der Waals surface area contributed by atoms with Crippen LogP contribution < -0.4 is 5.73 Å². The maximum absolute atomic E-state index is 14.4. The average Bonchev–Trinajstić information content (AvgIpc) is 3.35. The molecule has 3 heterocycles. The van der Waals surface area contributed by atoms with Gasteiger partial charge in [-0.15, -0.1) is 20.4 Å². The number of nitrogen functional groups attached to an aromatic ring is 1. The van der Waals surface area contributed by atoms with E-state index >= 15 is 0 Å². The van der Waals surface area contributed by atoms with Crippen LogP contribution in [0, 0.1) is 11.6 Å². The molecule has 0 amide bonds. The second kappa shape index (κ2) is 7.26. The third-order valence-corrected chi connectivity index (χ3v) is 3.81. The third-order valence-electron chi connectivity index (χ3n) is 3.81. The number of rotatable bonds is 5. The van der Waals surface area contributed by atoms with Gasteiger partial charge < -0.3 is 10.2 Å². The van der Waals surface area contributed by atoms with Crippen molar-refractivity contribution in [2.24, 2.45) is 0 Å². The number of anilines is 1. The van der Waals surface area contributed by atoms with Crippen LogP contribution in [0.15, 0.2) is 34.9 Å². The maximum Gasteiger partial charge on any atom is 0.314 e. The number of hydrogen-bond acceptors (Lipinski definition) is 8. The molecule has 0 aliphatic carbocycles. The molecule has 4 aromatic rings. The number of nitrogens with zero attached hydrogens (tertiary/aromatic N) is 7. The van der Waals surface area contributed by atoms with E-state index in [1.54, 1.807) is 12.1 Å². The highest BCUT2D eigenvalue weighted by molar-refractivity contribution is 5.55. The lowest BCUT2D eigenvalue weighted by atomic mass is 10.1. The first-order valence-electron chi connectivity index (χ1n) is 8.00. The Morgan fingerprint density at radius 3 is 2.41 bits per heavy atom. The van der Waals surface area contributed by atoms with E-state index in [1.165, 1.54) is 6.20 Å². The summed E-state index contributed by atoms with van der Waals surface area (Å²) in [5, 5.41) is 18.1. The number of tetrazole rings is 1. The quantitative estimate of drug-likeness (QED) is 0.502. The Balaban J connectivity index is 1.58. The molecule has 0 atom stereocenters. The molecule has 2 N–H and O–H groups in total. The topological polar surface area (TPSA) is 121 Å². The zero-order valence-corrected chi connectivity index (χ0v) is 14.3. The highest BCUT2D eigenvalue weighted by Crippen LogP contribution is 2.26. The van der Waals surface area contributed by atoms with Gasteiger partial charge in [-0.2, -0.15) is 13.6 Å². The molecule has 0 unspecified atom stereocenters. The summed E-state index contributed by atoms with van der Waals surface area (Å²) in [5.74, 6) is -2.80. The van der Waals surface area contributed by atoms with Gasteiger partial charge >= 0.3 is 6.43 Å². The fourth-order valence-corrected chi connectivity index (χ4v) is 2.42. The van der Waals surface area contributed by atoms with E-state index in [2.05, 4.69) is 30.6 Å². The van der Waals surface area contributed by atoms with Gasteiger partial charge in [-0.3, -0.25) is 0 Å². The van der Waals surface area contributed by atoms with Crippen LogP contribution >= 0.6 is 0 Å². The first kappa shape index (κ1) is 18.5. The summed E-state index contributed by atoms with van der Waals surface area (Å²) in [4.78, 5) is 4.90. The van der Waals surface area contributed by atoms with Gasteiger partial charge in [0.2, 0.25) is 11.7 Å². The van der Waals surface area contributed by atoms with E-state index < -0.39 is 29.8 Å². The van der Waals surface area contributed by atoms with Gasteiger partial charge in [0.15, 0.2) is 0 Å². The summed E-state index contributed by atoms with van der Waals surface area (Å²) < 4.78 is 58.6. The number of aromatic nitrogens is 7. The molecule has 0 fully saturated rings. The molecule has 0 aliphatic rings. The molecule has 0 saturated heterocycles. The highest BCUT2D eigenvalue weighted by Gasteiger charge is 2.20. The molecule has 3 aromatic heterocycles. The lowest BCUT2D eigenvalue weighted by Crippen LogP contribution is -2.08. The van der Waals surface area contributed by atoms with Crippen LogP contribution in [0.4, 0.5) is 23.4 Å². The lowest BCUT2D eigenvalue weighted by molar-refractivity contribution is 0.116. The minimum atomic E-state index is -2.99. The Hall–Kier alpha value is -3.90. The average molecular weight is 406 g/mol. The SMILES string of the molecule is Nc1ccc(-c2nnn(Cc3c(F)cc(-c4nnc(C(F)F)o4)cc3F)n2)cn1. The lowest BCUT2D eigenvalue weighted by Gasteiger charge is -2.05. The predicted molar refractivity (Wildman–Crippen MR) is 89.2 cm³/mol. The van der Waals surface area contributed by atoms with Gasteiger partial charge in [0, 0.05) is 22.9 Å². The van der Waals surface area contributed by atoms with Crippen molar-refractivity contribution in [1.82, 2.24) is 35.4 Å². The van der Waals surface area contributed by atoms with E-state index in [4.69, 9.17) is 10.2 Å². The molecule has 4 rings (SSSR count). The molecular weight excluding hydrogens is 396 g/mol. The van der Waals surface area contributed by atoms with Crippen molar-refractivity contribution in [3.8, 4) is 22.8 Å². The van der Waals surface area contributed by atoms with E-state index in [0.29, 0.717) is 11.4 Å². The maximum atomic E-state index is 14.4. The van der Waals surface area contributed by atoms with Crippen molar-refractivity contribution in [3.63, 3.8) is 0 Å². The van der Waals surface area contributed by atoms with Gasteiger partial charge in [0.05, 0.1) is 6.54 Å². The van der Waals surface area contributed by atoms with Gasteiger partial charge in [0.1, 0.15) is 17.5 Å². The van der Waals surface area contributed by atoms with Crippen LogP contribution in [0.25, 0.3) is 22.8 Å². The van der Waals surface area contributed by atoms with Crippen LogP contribution in [-0.2, 0) is 6.54 Å². The number of nitrogens with two attached hydrogens (primary N) is 1. The Bertz CT molecular complexity index is 1130. The third kappa shape index (κ3) is 3.74. The van der Waals surface area contributed by atoms with Crippen molar-refractivity contribution < 1.29 is 22.0 Å². The Kier molecular flexibility index (Phi) is 4.62. The smallest absolute Gasteiger partial charge is 0.314 e. The molecule has 9 nitrogen and oxygen atoms in total. The van der Waals surface area contributed by atoms with Crippen LogP contribution in [0.2, 0.25) is 0 Å². The zero-order valence-electron chi connectivity index (χ0n) is 14.3. The minimum Gasteiger partial charge on any atom is -0.415 e. The minimum absolute atomic E-state index is 0.177. The van der Waals surface area contributed by atoms with Crippen molar-refractivity contribution in [2.75, 3.05) is 5.73 Å². The Morgan fingerprint density at radius 1 is 1.03 bits per heavy atom. The van der Waals surface area contributed by atoms with E-state index in [-0.39, 0.29) is 23.5 Å². The van der Waals surface area contributed by atoms with Crippen LogP contribution in [-0.4, -0.2) is 35.4 Å². The number of pyridine rings is 1. The van der Waals surface area contributed by atoms with Crippen molar-refractivity contribution in [2.45, 2.75) is 13.0 Å². The number of halogens is 4. The Morgan fingerprint density at radius 2 is 1.79 bits per heavy atom. The predicted octanol–water partition coefficient (Wildman–Crippen LogP) is 2.63. The first-order valence-corrected chi connectivity index (χ1v) is 8.00. The number of hydrogen-bond donors (Lipinski definition) is 1. The van der Waals surface area contributed by atoms with E-state index in [9.17, 15) is 17.6 Å². The van der Waals surface area contributed by atoms with Gasteiger partial charge in [-0.25, -0.2) is 13.8 Å². The van der Waals surface area contributed by atoms with Gasteiger partial charge in [-0.1, -0.05) is 0 Å². The molecule has 148 valence electrons. The standard InChI is InChI=1S/C16H10F4N8O/c17-10-3-8(15-24-25-16(29-15)13(19)20)4-11(18)9(10)6-28-26-14(23-27-28)7-1-2-12(21)22-5-7/h1-5,13H,6H2,(H2,21,22). The molecule has 29 heavy (non-hydrogen) atoms. The molecule has 1 aromatic carbocycles. The molecule has 0 bridgehead atoms. The van der Waals surface area contributed by atoms with Crippen molar-refractivity contribution in [3.05, 3.63) is 53.6 Å². The summed E-state index contributed by atoms with van der Waals surface area (Å²) in [6, 6.07) is 4.95. The van der Waals surface area contributed by atoms with Crippen LogP contribution in [0.1, 0.15) is 17.9 Å². The monoisotopic (exact) mass is 406 g/mol. The second-order valence-electron chi connectivity index (χ2n) is 5.78. The number of alkyl halides is 2. The van der Waals surface area contributed by atoms with Crippen LogP contribution in [0.5, 0.6) is 0 Å². The molecule has 0 spiro atoms. The van der Waals surface area contributed by atoms with Crippen molar-refractivity contribution >= 4 is 5.82 Å². The highest BCUT2D eigenvalue weighted by atomic mass is 19.3. The van der Waals surface area contributed by atoms with E-state index in [1.807, 2.05) is 0 Å². The first-order chi connectivity index (χ1) is 13.9. The fourth-order valence-electron chi connectivity index (χ4n) is 2.42.